The lowest BCUT2D eigenvalue weighted by atomic mass is 10.1. The lowest BCUT2D eigenvalue weighted by Crippen LogP contribution is -2.39. The molecule has 0 unspecified atom stereocenters. The third-order valence-corrected chi connectivity index (χ3v) is 7.23. The first-order valence-corrected chi connectivity index (χ1v) is 11.2. The average Bonchev–Trinajstić information content (AvgIpc) is 3.09. The highest BCUT2D eigenvalue weighted by Gasteiger charge is 2.47. The Hall–Kier alpha value is -1.94. The Morgan fingerprint density at radius 2 is 1.96 bits per heavy atom. The van der Waals surface area contributed by atoms with Gasteiger partial charge in [-0.05, 0) is 12.1 Å². The number of amidine groups is 1. The van der Waals surface area contributed by atoms with Crippen molar-refractivity contribution >= 4 is 38.4 Å². The molecular formula is C17H23N3O5S2. The molecule has 0 aliphatic carbocycles. The van der Waals surface area contributed by atoms with E-state index < -0.39 is 9.84 Å². The molecule has 0 N–H and O–H groups in total. The van der Waals surface area contributed by atoms with E-state index in [4.69, 9.17) is 9.47 Å². The maximum atomic E-state index is 12.1. The Labute approximate surface area is 163 Å². The summed E-state index contributed by atoms with van der Waals surface area (Å²) < 4.78 is 34.9. The molecule has 8 nitrogen and oxygen atoms in total. The molecule has 0 radical (unpaired) electrons. The van der Waals surface area contributed by atoms with Crippen LogP contribution in [0.15, 0.2) is 23.2 Å². The first-order valence-electron chi connectivity index (χ1n) is 8.38. The lowest BCUT2D eigenvalue weighted by Gasteiger charge is -2.27. The molecule has 2 heterocycles. The quantitative estimate of drug-likeness (QED) is 0.708. The molecule has 0 bridgehead atoms. The van der Waals surface area contributed by atoms with Crippen molar-refractivity contribution in [3.05, 3.63) is 18.2 Å². The largest absolute Gasteiger partial charge is 0.493 e. The fraction of sp³-hybridized carbons (Fsp3) is 0.529. The van der Waals surface area contributed by atoms with E-state index in [1.807, 2.05) is 11.0 Å². The Kier molecular flexibility index (Phi) is 5.57. The molecule has 1 fully saturated rings. The van der Waals surface area contributed by atoms with E-state index >= 15 is 0 Å². The SMILES string of the molecule is COc1ccc(N2C(SCC(=O)N(C)C)=N[C@H]3CS(=O)(=O)C[C@@H]32)cc1OC. The minimum atomic E-state index is -3.13. The van der Waals surface area contributed by atoms with Crippen molar-refractivity contribution in [2.24, 2.45) is 4.99 Å². The van der Waals surface area contributed by atoms with Gasteiger partial charge in [0.05, 0.1) is 43.6 Å². The van der Waals surface area contributed by atoms with Gasteiger partial charge in [0.25, 0.3) is 0 Å². The van der Waals surface area contributed by atoms with Crippen LogP contribution in [0.4, 0.5) is 5.69 Å². The van der Waals surface area contributed by atoms with Gasteiger partial charge in [-0.1, -0.05) is 11.8 Å². The maximum absolute atomic E-state index is 12.1. The highest BCUT2D eigenvalue weighted by Crippen LogP contribution is 2.38. The van der Waals surface area contributed by atoms with Crippen molar-refractivity contribution in [1.29, 1.82) is 0 Å². The number of benzene rings is 1. The third-order valence-electron chi connectivity index (χ3n) is 4.58. The number of carbonyl (C=O) groups excluding carboxylic acids is 1. The van der Waals surface area contributed by atoms with E-state index in [2.05, 4.69) is 4.99 Å². The standard InChI is InChI=1S/C17H23N3O5S2/c1-19(2)16(21)8-26-17-18-12-9-27(22,23)10-13(12)20(17)11-5-6-14(24-3)15(7-11)25-4/h5-7,12-13H,8-10H2,1-4H3/t12-,13-/m0/s1. The van der Waals surface area contributed by atoms with Crippen LogP contribution in [-0.2, 0) is 14.6 Å². The number of rotatable bonds is 5. The zero-order valence-electron chi connectivity index (χ0n) is 15.7. The number of carbonyl (C=O) groups is 1. The maximum Gasteiger partial charge on any atom is 0.232 e. The van der Waals surface area contributed by atoms with Crippen molar-refractivity contribution in [3.63, 3.8) is 0 Å². The van der Waals surface area contributed by atoms with Gasteiger partial charge in [0.1, 0.15) is 0 Å². The van der Waals surface area contributed by atoms with Crippen LogP contribution >= 0.6 is 11.8 Å². The summed E-state index contributed by atoms with van der Waals surface area (Å²) in [7, 11) is 3.38. The van der Waals surface area contributed by atoms with Gasteiger partial charge in [0, 0.05) is 25.8 Å². The number of hydrogen-bond acceptors (Lipinski definition) is 8. The molecule has 3 rings (SSSR count). The van der Waals surface area contributed by atoms with Crippen LogP contribution in [0.3, 0.4) is 0 Å². The van der Waals surface area contributed by atoms with Gasteiger partial charge in [-0.15, -0.1) is 0 Å². The van der Waals surface area contributed by atoms with Gasteiger partial charge in [0.15, 0.2) is 26.5 Å². The summed E-state index contributed by atoms with van der Waals surface area (Å²) in [4.78, 5) is 20.0. The van der Waals surface area contributed by atoms with E-state index in [1.54, 1.807) is 40.4 Å². The van der Waals surface area contributed by atoms with Gasteiger partial charge >= 0.3 is 0 Å². The highest BCUT2D eigenvalue weighted by molar-refractivity contribution is 8.14. The Morgan fingerprint density at radius 1 is 1.26 bits per heavy atom. The van der Waals surface area contributed by atoms with Crippen molar-refractivity contribution in [3.8, 4) is 11.5 Å². The molecule has 1 amide bonds. The second-order valence-electron chi connectivity index (χ2n) is 6.61. The van der Waals surface area contributed by atoms with E-state index in [-0.39, 0.29) is 35.2 Å². The predicted molar refractivity (Wildman–Crippen MR) is 107 cm³/mol. The first-order chi connectivity index (χ1) is 12.8. The number of nitrogens with zero attached hydrogens (tertiary/aromatic N) is 3. The molecule has 0 spiro atoms. The summed E-state index contributed by atoms with van der Waals surface area (Å²) >= 11 is 1.32. The molecule has 2 aliphatic heterocycles. The van der Waals surface area contributed by atoms with Crippen molar-refractivity contribution in [1.82, 2.24) is 4.90 Å². The van der Waals surface area contributed by atoms with Crippen LogP contribution in [0, 0.1) is 0 Å². The fourth-order valence-corrected chi connectivity index (χ4v) is 6.11. The second kappa shape index (κ2) is 7.59. The number of sulfone groups is 1. The van der Waals surface area contributed by atoms with Crippen LogP contribution in [0.5, 0.6) is 11.5 Å². The molecule has 10 heteroatoms. The van der Waals surface area contributed by atoms with Crippen LogP contribution < -0.4 is 14.4 Å². The molecule has 2 atom stereocenters. The molecule has 148 valence electrons. The van der Waals surface area contributed by atoms with E-state index in [0.29, 0.717) is 16.7 Å². The van der Waals surface area contributed by atoms with Crippen LogP contribution in [0.2, 0.25) is 0 Å². The molecule has 27 heavy (non-hydrogen) atoms. The third kappa shape index (κ3) is 4.01. The number of anilines is 1. The minimum Gasteiger partial charge on any atom is -0.493 e. The summed E-state index contributed by atoms with van der Waals surface area (Å²) in [6.07, 6.45) is 0. The predicted octanol–water partition coefficient (Wildman–Crippen LogP) is 0.867. The lowest BCUT2D eigenvalue weighted by molar-refractivity contribution is -0.125. The summed E-state index contributed by atoms with van der Waals surface area (Å²) in [6.45, 7) is 0. The molecule has 0 saturated carbocycles. The monoisotopic (exact) mass is 413 g/mol. The number of hydrogen-bond donors (Lipinski definition) is 0. The minimum absolute atomic E-state index is 0.0281. The van der Waals surface area contributed by atoms with Gasteiger partial charge in [-0.3, -0.25) is 9.79 Å². The first kappa shape index (κ1) is 19.8. The molecule has 2 aliphatic rings. The van der Waals surface area contributed by atoms with Gasteiger partial charge in [-0.2, -0.15) is 0 Å². The molecule has 1 aromatic rings. The Morgan fingerprint density at radius 3 is 2.59 bits per heavy atom. The molecular weight excluding hydrogens is 390 g/mol. The summed E-state index contributed by atoms with van der Waals surface area (Å²) in [5.41, 5.74) is 0.765. The van der Waals surface area contributed by atoms with E-state index in [1.165, 1.54) is 16.7 Å². The summed E-state index contributed by atoms with van der Waals surface area (Å²) in [5.74, 6) is 1.42. The average molecular weight is 414 g/mol. The van der Waals surface area contributed by atoms with Crippen molar-refractivity contribution < 1.29 is 22.7 Å². The number of fused-ring (bicyclic) bond motifs is 1. The van der Waals surface area contributed by atoms with Crippen LogP contribution in [0.1, 0.15) is 0 Å². The zero-order valence-corrected chi connectivity index (χ0v) is 17.3. The number of aliphatic imine (C=N–C) groups is 1. The Bertz CT molecular complexity index is 869. The van der Waals surface area contributed by atoms with Crippen molar-refractivity contribution in [2.45, 2.75) is 12.1 Å². The fourth-order valence-electron chi connectivity index (χ4n) is 3.17. The van der Waals surface area contributed by atoms with Crippen molar-refractivity contribution in [2.75, 3.05) is 50.5 Å². The Balaban J connectivity index is 1.93. The van der Waals surface area contributed by atoms with E-state index in [9.17, 15) is 13.2 Å². The number of thioether (sulfide) groups is 1. The topological polar surface area (TPSA) is 88.5 Å². The molecule has 1 aromatic carbocycles. The normalized spacial score (nSPS) is 23.0. The smallest absolute Gasteiger partial charge is 0.232 e. The highest BCUT2D eigenvalue weighted by atomic mass is 32.2. The summed E-state index contributed by atoms with van der Waals surface area (Å²) in [5, 5.41) is 0.655. The molecule has 1 saturated heterocycles. The summed E-state index contributed by atoms with van der Waals surface area (Å²) in [6, 6.07) is 4.83. The zero-order chi connectivity index (χ0) is 19.8. The second-order valence-corrected chi connectivity index (χ2v) is 9.71. The van der Waals surface area contributed by atoms with Crippen LogP contribution in [-0.4, -0.2) is 82.0 Å². The van der Waals surface area contributed by atoms with Gasteiger partial charge < -0.3 is 19.3 Å². The number of methoxy groups -OCH3 is 2. The van der Waals surface area contributed by atoms with Gasteiger partial charge in [0.2, 0.25) is 5.91 Å². The van der Waals surface area contributed by atoms with Gasteiger partial charge in [-0.25, -0.2) is 8.42 Å². The van der Waals surface area contributed by atoms with Crippen LogP contribution in [0.25, 0.3) is 0 Å². The van der Waals surface area contributed by atoms with E-state index in [0.717, 1.165) is 5.69 Å². The number of ether oxygens (including phenoxy) is 2. The number of amides is 1. The molecule has 0 aromatic heterocycles.